The largest absolute Gasteiger partial charge is 0.394 e. The van der Waals surface area contributed by atoms with E-state index in [0.29, 0.717) is 12.8 Å². The molecular weight excluding hydrogens is 1420 g/mol. The summed E-state index contributed by atoms with van der Waals surface area (Å²) in [6.45, 7) is 1.72. The fraction of sp³-hybridized carbons (Fsp3) is 0.796. The summed E-state index contributed by atoms with van der Waals surface area (Å²) in [7, 11) is 0. The molecule has 19 heteroatoms. The average Bonchev–Trinajstić information content (AvgIpc) is 0.780. The maximum Gasteiger partial charge on any atom is 0.220 e. The first kappa shape index (κ1) is 103. The SMILES string of the molecule is CC/C=C\C/C=C\C/C=C\C/C=C\C/C=C\C/C=C\C/C=C\C/C=C\C/C=C\CCCCCCCCCCCCCC(=O)NC(COC1OC(CO)C(OC2OC(CO)C(OC3OC(CO)C(O)C(O)C3O)C(O)C2O)C(O)C1O)C(O)CCCCCCCCCCCCCCCCCCCCCCCCCCCCCC. The lowest BCUT2D eigenvalue weighted by atomic mass is 9.96. The molecule has 0 aromatic carbocycles. The van der Waals surface area contributed by atoms with Gasteiger partial charge in [-0.2, -0.15) is 0 Å². The number of carbonyl (C=O) groups excluding carboxylic acids is 1. The van der Waals surface area contributed by atoms with Crippen molar-refractivity contribution in [1.29, 1.82) is 0 Å². The zero-order chi connectivity index (χ0) is 81.0. The molecule has 0 spiro atoms. The number of aliphatic hydroxyl groups excluding tert-OH is 11. The highest BCUT2D eigenvalue weighted by Gasteiger charge is 2.54. The fourth-order valence-corrected chi connectivity index (χ4v) is 14.7. The third kappa shape index (κ3) is 49.6. The van der Waals surface area contributed by atoms with Crippen LogP contribution in [0.4, 0.5) is 0 Å². The zero-order valence-corrected chi connectivity index (χ0v) is 69.9. The van der Waals surface area contributed by atoms with Gasteiger partial charge in [-0.15, -0.1) is 0 Å². The molecule has 17 unspecified atom stereocenters. The van der Waals surface area contributed by atoms with Crippen molar-refractivity contribution in [3.8, 4) is 0 Å². The number of aliphatic hydroxyl groups is 11. The molecule has 0 saturated carbocycles. The van der Waals surface area contributed by atoms with E-state index in [-0.39, 0.29) is 18.9 Å². The Balaban J connectivity index is 1.33. The summed E-state index contributed by atoms with van der Waals surface area (Å²) in [6, 6.07) is -0.898. The number of allylic oxidation sites excluding steroid dienone is 18. The van der Waals surface area contributed by atoms with Gasteiger partial charge in [0.2, 0.25) is 5.91 Å². The van der Waals surface area contributed by atoms with Crippen LogP contribution in [0.5, 0.6) is 0 Å². The van der Waals surface area contributed by atoms with Gasteiger partial charge in [-0.05, 0) is 83.5 Å². The Morgan fingerprint density at radius 3 is 0.964 bits per heavy atom. The third-order valence-electron chi connectivity index (χ3n) is 21.9. The normalized spacial score (nSPS) is 25.5. The Kier molecular flexibility index (Phi) is 65.6. The minimum absolute atomic E-state index is 0.246. The second-order valence-electron chi connectivity index (χ2n) is 31.7. The molecule has 3 aliphatic heterocycles. The molecule has 3 fully saturated rings. The highest BCUT2D eigenvalue weighted by atomic mass is 16.8. The van der Waals surface area contributed by atoms with E-state index in [1.165, 1.54) is 193 Å². The number of carbonyl (C=O) groups is 1. The summed E-state index contributed by atoms with van der Waals surface area (Å²) < 4.78 is 34.6. The number of ether oxygens (including phenoxy) is 6. The van der Waals surface area contributed by atoms with Crippen LogP contribution < -0.4 is 5.32 Å². The van der Waals surface area contributed by atoms with E-state index >= 15 is 0 Å². The number of unbranched alkanes of at least 4 members (excludes halogenated alkanes) is 38. The van der Waals surface area contributed by atoms with Crippen molar-refractivity contribution < 1.29 is 89.4 Å². The van der Waals surface area contributed by atoms with Crippen molar-refractivity contribution in [2.75, 3.05) is 26.4 Å². The van der Waals surface area contributed by atoms with Crippen LogP contribution in [0.1, 0.15) is 341 Å². The van der Waals surface area contributed by atoms with Gasteiger partial charge in [-0.25, -0.2) is 0 Å². The predicted molar refractivity (Wildman–Crippen MR) is 452 cm³/mol. The number of amides is 1. The minimum Gasteiger partial charge on any atom is -0.394 e. The quantitative estimate of drug-likeness (QED) is 0.0199. The van der Waals surface area contributed by atoms with Crippen LogP contribution in [0.25, 0.3) is 0 Å². The average molecular weight is 1580 g/mol. The molecule has 0 aromatic rings. The number of rotatable bonds is 72. The molecule has 0 aliphatic carbocycles. The van der Waals surface area contributed by atoms with Gasteiger partial charge in [-0.3, -0.25) is 4.79 Å². The van der Waals surface area contributed by atoms with Crippen molar-refractivity contribution in [2.24, 2.45) is 0 Å². The second-order valence-corrected chi connectivity index (χ2v) is 31.7. The van der Waals surface area contributed by atoms with E-state index < -0.39 is 124 Å². The maximum atomic E-state index is 13.5. The standard InChI is InChI=1S/C93H163NO18/c1-3-5-7-9-11-13-15-17-19-21-23-25-27-29-31-33-34-35-36-37-38-39-40-41-42-43-45-47-49-51-53-55-57-59-61-63-65-67-69-71-81(99)94-76(77(98)70-68-66-64-62-60-58-56-54-52-50-48-46-44-32-30-28-26-24-22-20-18-16-14-12-10-8-6-4-2)75-107-91-87(105)84(102)89(79(73-96)109-91)112-93-88(106)85(103)90(80(74-97)110-93)111-92-86(104)83(101)82(100)78(72-95)108-92/h5,7,11,13,17,19,23,25,29,31,34-35,37-38,40-41,43,45,76-80,82-93,95-98,100-106H,3-4,6,8-10,12,14-16,18,20-22,24,26-28,30,32-33,36,39,42,44,46-75H2,1-2H3,(H,94,99)/b7-5-,13-11-,19-17-,25-23-,31-29-,35-34-,38-37-,41-40-,45-43-. The Bertz CT molecular complexity index is 2450. The topological polar surface area (TPSA) is 307 Å². The molecule has 0 aromatic heterocycles. The molecule has 3 heterocycles. The Morgan fingerprint density at radius 1 is 0.330 bits per heavy atom. The lowest BCUT2D eigenvalue weighted by Crippen LogP contribution is -2.66. The summed E-state index contributed by atoms with van der Waals surface area (Å²) in [4.78, 5) is 13.5. The molecule has 19 nitrogen and oxygen atoms in total. The fourth-order valence-electron chi connectivity index (χ4n) is 14.7. The first-order valence-corrected chi connectivity index (χ1v) is 45.1. The predicted octanol–water partition coefficient (Wildman–Crippen LogP) is 17.2. The van der Waals surface area contributed by atoms with E-state index in [4.69, 9.17) is 28.4 Å². The van der Waals surface area contributed by atoms with Crippen molar-refractivity contribution in [3.05, 3.63) is 109 Å². The molecule has 3 saturated heterocycles. The van der Waals surface area contributed by atoms with Crippen molar-refractivity contribution in [1.82, 2.24) is 5.32 Å². The Hall–Kier alpha value is -3.55. The van der Waals surface area contributed by atoms with Gasteiger partial charge in [0.15, 0.2) is 18.9 Å². The van der Waals surface area contributed by atoms with E-state index in [1.54, 1.807) is 0 Å². The van der Waals surface area contributed by atoms with Gasteiger partial charge in [0.25, 0.3) is 0 Å². The van der Waals surface area contributed by atoms with Gasteiger partial charge in [-0.1, -0.05) is 361 Å². The van der Waals surface area contributed by atoms with Crippen molar-refractivity contribution in [3.63, 3.8) is 0 Å². The molecule has 0 radical (unpaired) electrons. The monoisotopic (exact) mass is 1580 g/mol. The molecule has 17 atom stereocenters. The van der Waals surface area contributed by atoms with Gasteiger partial charge in [0.1, 0.15) is 73.2 Å². The molecule has 1 amide bonds. The van der Waals surface area contributed by atoms with Gasteiger partial charge < -0.3 is 89.9 Å². The van der Waals surface area contributed by atoms with Gasteiger partial charge >= 0.3 is 0 Å². The lowest BCUT2D eigenvalue weighted by Gasteiger charge is -2.48. The first-order chi connectivity index (χ1) is 54.8. The third-order valence-corrected chi connectivity index (χ3v) is 21.9. The number of hydrogen-bond acceptors (Lipinski definition) is 18. The van der Waals surface area contributed by atoms with Crippen molar-refractivity contribution in [2.45, 2.75) is 446 Å². The summed E-state index contributed by atoms with van der Waals surface area (Å²) in [5.74, 6) is -0.246. The van der Waals surface area contributed by atoms with Crippen LogP contribution in [-0.4, -0.2) is 193 Å². The molecule has 3 aliphatic rings. The maximum absolute atomic E-state index is 13.5. The van der Waals surface area contributed by atoms with E-state index in [2.05, 4.69) is 129 Å². The minimum atomic E-state index is -1.98. The van der Waals surface area contributed by atoms with Gasteiger partial charge in [0, 0.05) is 6.42 Å². The number of nitrogens with one attached hydrogen (secondary N) is 1. The second kappa shape index (κ2) is 71.5. The summed E-state index contributed by atoms with van der Waals surface area (Å²) >= 11 is 0. The van der Waals surface area contributed by atoms with Crippen LogP contribution in [0.3, 0.4) is 0 Å². The molecule has 0 bridgehead atoms. The molecule has 112 heavy (non-hydrogen) atoms. The van der Waals surface area contributed by atoms with Crippen LogP contribution >= 0.6 is 0 Å². The summed E-state index contributed by atoms with van der Waals surface area (Å²) in [5, 5.41) is 121. The molecule has 12 N–H and O–H groups in total. The van der Waals surface area contributed by atoms with Crippen LogP contribution in [0.2, 0.25) is 0 Å². The van der Waals surface area contributed by atoms with Crippen LogP contribution in [-0.2, 0) is 33.2 Å². The highest BCUT2D eigenvalue weighted by Crippen LogP contribution is 2.34. The van der Waals surface area contributed by atoms with Crippen molar-refractivity contribution >= 4 is 5.91 Å². The Labute approximate surface area is 678 Å². The van der Waals surface area contributed by atoms with Gasteiger partial charge in [0.05, 0.1) is 38.6 Å². The van der Waals surface area contributed by atoms with E-state index in [0.717, 1.165) is 116 Å². The van der Waals surface area contributed by atoms with E-state index in [1.807, 2.05) is 0 Å². The smallest absolute Gasteiger partial charge is 0.220 e. The first-order valence-electron chi connectivity index (χ1n) is 45.1. The lowest BCUT2D eigenvalue weighted by molar-refractivity contribution is -0.379. The van der Waals surface area contributed by atoms with Crippen LogP contribution in [0, 0.1) is 0 Å². The summed E-state index contributed by atoms with van der Waals surface area (Å²) in [5.41, 5.74) is 0. The Morgan fingerprint density at radius 2 is 0.616 bits per heavy atom. The van der Waals surface area contributed by atoms with E-state index in [9.17, 15) is 61.0 Å². The zero-order valence-electron chi connectivity index (χ0n) is 69.9. The van der Waals surface area contributed by atoms with Crippen LogP contribution in [0.15, 0.2) is 109 Å². The highest BCUT2D eigenvalue weighted by molar-refractivity contribution is 5.76. The number of hydrogen-bond donors (Lipinski definition) is 12. The molecule has 3 rings (SSSR count). The summed E-state index contributed by atoms with van der Waals surface area (Å²) in [6.07, 6.45) is 73.2. The molecular formula is C93H163NO18. The molecule has 648 valence electrons.